The second kappa shape index (κ2) is 4.89. The fourth-order valence-electron chi connectivity index (χ4n) is 2.21. The Morgan fingerprint density at radius 2 is 2.08 bits per heavy atom. The molecular formula is C10H18F2O. The van der Waals surface area contributed by atoms with Crippen molar-refractivity contribution >= 4 is 0 Å². The molecule has 3 atom stereocenters. The zero-order valence-corrected chi connectivity index (χ0v) is 8.05. The second-order valence-corrected chi connectivity index (χ2v) is 4.23. The molecule has 78 valence electrons. The Bertz CT molecular complexity index is 150. The summed E-state index contributed by atoms with van der Waals surface area (Å²) in [6, 6.07) is 0. The maximum atomic E-state index is 12.0. The molecule has 1 N–H and O–H groups in total. The lowest BCUT2D eigenvalue weighted by atomic mass is 9.91. The van der Waals surface area contributed by atoms with Crippen LogP contribution in [0.5, 0.6) is 0 Å². The van der Waals surface area contributed by atoms with Crippen molar-refractivity contribution in [3.8, 4) is 0 Å². The number of halogens is 2. The van der Waals surface area contributed by atoms with E-state index < -0.39 is 6.43 Å². The molecule has 1 fully saturated rings. The number of rotatable bonds is 4. The molecule has 0 aromatic heterocycles. The van der Waals surface area contributed by atoms with Crippen molar-refractivity contribution in [2.24, 2.45) is 11.8 Å². The van der Waals surface area contributed by atoms with Crippen molar-refractivity contribution in [2.75, 3.05) is 0 Å². The van der Waals surface area contributed by atoms with E-state index in [1.165, 1.54) is 0 Å². The smallest absolute Gasteiger partial charge is 0.238 e. The van der Waals surface area contributed by atoms with Crippen LogP contribution in [-0.2, 0) is 0 Å². The largest absolute Gasteiger partial charge is 0.393 e. The van der Waals surface area contributed by atoms with Crippen LogP contribution in [0, 0.1) is 11.8 Å². The van der Waals surface area contributed by atoms with Crippen molar-refractivity contribution in [2.45, 2.75) is 51.6 Å². The van der Waals surface area contributed by atoms with E-state index >= 15 is 0 Å². The highest BCUT2D eigenvalue weighted by Crippen LogP contribution is 2.32. The highest BCUT2D eigenvalue weighted by molar-refractivity contribution is 4.78. The Morgan fingerprint density at radius 3 is 2.54 bits per heavy atom. The summed E-state index contributed by atoms with van der Waals surface area (Å²) < 4.78 is 24.0. The number of hydrogen-bond donors (Lipinski definition) is 1. The number of hydrogen-bond acceptors (Lipinski definition) is 1. The van der Waals surface area contributed by atoms with Gasteiger partial charge < -0.3 is 5.11 Å². The van der Waals surface area contributed by atoms with Gasteiger partial charge in [-0.1, -0.05) is 13.3 Å². The minimum absolute atomic E-state index is 0.0246. The SMILES string of the molecule is CC(CC(F)F)CC1CCCC1O. The summed E-state index contributed by atoms with van der Waals surface area (Å²) in [4.78, 5) is 0. The Balaban J connectivity index is 2.22. The zero-order valence-electron chi connectivity index (χ0n) is 8.05. The standard InChI is InChI=1S/C10H18F2O/c1-7(6-10(11)12)5-8-3-2-4-9(8)13/h7-10,13H,2-6H2,1H3. The fourth-order valence-corrected chi connectivity index (χ4v) is 2.21. The van der Waals surface area contributed by atoms with Crippen LogP contribution < -0.4 is 0 Å². The van der Waals surface area contributed by atoms with E-state index in [0.717, 1.165) is 25.7 Å². The average Bonchev–Trinajstić information content (AvgIpc) is 2.34. The second-order valence-electron chi connectivity index (χ2n) is 4.23. The Hall–Kier alpha value is -0.180. The molecule has 1 aliphatic rings. The molecule has 3 heteroatoms. The van der Waals surface area contributed by atoms with Crippen LogP contribution in [0.2, 0.25) is 0 Å². The van der Waals surface area contributed by atoms with Crippen LogP contribution in [-0.4, -0.2) is 17.6 Å². The minimum Gasteiger partial charge on any atom is -0.393 e. The van der Waals surface area contributed by atoms with Gasteiger partial charge in [0.05, 0.1) is 6.10 Å². The third kappa shape index (κ3) is 3.59. The Morgan fingerprint density at radius 1 is 1.38 bits per heavy atom. The van der Waals surface area contributed by atoms with Gasteiger partial charge in [0.1, 0.15) is 0 Å². The molecule has 0 aromatic carbocycles. The Labute approximate surface area is 78.1 Å². The summed E-state index contributed by atoms with van der Waals surface area (Å²) >= 11 is 0. The first-order valence-electron chi connectivity index (χ1n) is 5.05. The average molecular weight is 192 g/mol. The minimum atomic E-state index is -2.20. The van der Waals surface area contributed by atoms with E-state index in [1.54, 1.807) is 0 Å². The molecule has 0 saturated heterocycles. The van der Waals surface area contributed by atoms with Crippen LogP contribution in [0.25, 0.3) is 0 Å². The topological polar surface area (TPSA) is 20.2 Å². The van der Waals surface area contributed by atoms with E-state index in [1.807, 2.05) is 6.92 Å². The summed E-state index contributed by atoms with van der Waals surface area (Å²) in [5.74, 6) is 0.312. The molecule has 1 saturated carbocycles. The van der Waals surface area contributed by atoms with Crippen molar-refractivity contribution in [3.63, 3.8) is 0 Å². The van der Waals surface area contributed by atoms with Crippen LogP contribution >= 0.6 is 0 Å². The quantitative estimate of drug-likeness (QED) is 0.726. The summed E-state index contributed by atoms with van der Waals surface area (Å²) in [5.41, 5.74) is 0. The van der Waals surface area contributed by atoms with E-state index in [9.17, 15) is 13.9 Å². The molecule has 3 unspecified atom stereocenters. The first-order valence-corrected chi connectivity index (χ1v) is 5.05. The molecule has 1 nitrogen and oxygen atoms in total. The summed E-state index contributed by atoms with van der Waals surface area (Å²) in [5, 5.41) is 9.48. The van der Waals surface area contributed by atoms with Gasteiger partial charge in [0.25, 0.3) is 0 Å². The van der Waals surface area contributed by atoms with Gasteiger partial charge in [-0.2, -0.15) is 0 Å². The van der Waals surface area contributed by atoms with Gasteiger partial charge in [-0.05, 0) is 31.1 Å². The molecule has 1 rings (SSSR count). The lowest BCUT2D eigenvalue weighted by Gasteiger charge is -2.18. The van der Waals surface area contributed by atoms with E-state index in [4.69, 9.17) is 0 Å². The monoisotopic (exact) mass is 192 g/mol. The van der Waals surface area contributed by atoms with Crippen molar-refractivity contribution in [3.05, 3.63) is 0 Å². The van der Waals surface area contributed by atoms with Gasteiger partial charge in [-0.3, -0.25) is 0 Å². The van der Waals surface area contributed by atoms with Crippen LogP contribution in [0.4, 0.5) is 8.78 Å². The summed E-state index contributed by atoms with van der Waals surface area (Å²) in [6.07, 6.45) is 1.21. The van der Waals surface area contributed by atoms with Gasteiger partial charge in [-0.25, -0.2) is 8.78 Å². The van der Waals surface area contributed by atoms with E-state index in [2.05, 4.69) is 0 Å². The molecule has 0 aromatic rings. The fraction of sp³-hybridized carbons (Fsp3) is 1.00. The maximum absolute atomic E-state index is 12.0. The first-order chi connectivity index (χ1) is 6.09. The van der Waals surface area contributed by atoms with E-state index in [-0.39, 0.29) is 24.4 Å². The first kappa shape index (κ1) is 10.9. The molecule has 0 radical (unpaired) electrons. The van der Waals surface area contributed by atoms with Crippen LogP contribution in [0.1, 0.15) is 39.0 Å². The number of aliphatic hydroxyl groups is 1. The van der Waals surface area contributed by atoms with Gasteiger partial charge in [0.2, 0.25) is 6.43 Å². The number of alkyl halides is 2. The lowest BCUT2D eigenvalue weighted by Crippen LogP contribution is -2.17. The lowest BCUT2D eigenvalue weighted by molar-refractivity contribution is 0.0884. The number of aliphatic hydroxyl groups excluding tert-OH is 1. The predicted octanol–water partition coefficient (Wildman–Crippen LogP) is 2.83. The third-order valence-corrected chi connectivity index (χ3v) is 2.90. The zero-order chi connectivity index (χ0) is 9.84. The molecule has 0 spiro atoms. The van der Waals surface area contributed by atoms with Gasteiger partial charge >= 0.3 is 0 Å². The highest BCUT2D eigenvalue weighted by Gasteiger charge is 2.27. The van der Waals surface area contributed by atoms with Crippen LogP contribution in [0.15, 0.2) is 0 Å². The molecule has 13 heavy (non-hydrogen) atoms. The third-order valence-electron chi connectivity index (χ3n) is 2.90. The molecule has 0 aliphatic heterocycles. The Kier molecular flexibility index (Phi) is 4.10. The molecule has 0 heterocycles. The van der Waals surface area contributed by atoms with Crippen LogP contribution in [0.3, 0.4) is 0 Å². The summed E-state index contributed by atoms with van der Waals surface area (Å²) in [6.45, 7) is 1.84. The molecule has 0 bridgehead atoms. The van der Waals surface area contributed by atoms with Crippen molar-refractivity contribution in [1.82, 2.24) is 0 Å². The molecule has 1 aliphatic carbocycles. The highest BCUT2D eigenvalue weighted by atomic mass is 19.3. The van der Waals surface area contributed by atoms with Gasteiger partial charge in [0.15, 0.2) is 0 Å². The van der Waals surface area contributed by atoms with Crippen molar-refractivity contribution in [1.29, 1.82) is 0 Å². The van der Waals surface area contributed by atoms with Gasteiger partial charge in [-0.15, -0.1) is 0 Å². The predicted molar refractivity (Wildman–Crippen MR) is 47.7 cm³/mol. The normalized spacial score (nSPS) is 31.2. The molecular weight excluding hydrogens is 174 g/mol. The van der Waals surface area contributed by atoms with Gasteiger partial charge in [0, 0.05) is 6.42 Å². The van der Waals surface area contributed by atoms with E-state index in [0.29, 0.717) is 0 Å². The molecule has 0 amide bonds. The van der Waals surface area contributed by atoms with Crippen molar-refractivity contribution < 1.29 is 13.9 Å². The summed E-state index contributed by atoms with van der Waals surface area (Å²) in [7, 11) is 0. The maximum Gasteiger partial charge on any atom is 0.238 e.